The van der Waals surface area contributed by atoms with E-state index in [0.717, 1.165) is 16.7 Å². The molecule has 4 nitrogen and oxygen atoms in total. The molecule has 2 aromatic carbocycles. The minimum absolute atomic E-state index is 0.199. The summed E-state index contributed by atoms with van der Waals surface area (Å²) in [5, 5.41) is 6.52. The maximum absolute atomic E-state index is 11.4. The number of rotatable bonds is 3. The second kappa shape index (κ2) is 6.63. The van der Waals surface area contributed by atoms with Gasteiger partial charge in [-0.25, -0.2) is 4.79 Å². The van der Waals surface area contributed by atoms with E-state index in [1.54, 1.807) is 6.07 Å². The zero-order valence-corrected chi connectivity index (χ0v) is 14.9. The quantitative estimate of drug-likeness (QED) is 0.835. The Hall–Kier alpha value is -1.75. The lowest BCUT2D eigenvalue weighted by atomic mass is 9.78. The molecule has 3 rings (SSSR count). The molecule has 0 radical (unpaired) electrons. The van der Waals surface area contributed by atoms with E-state index in [1.165, 1.54) is 0 Å². The Morgan fingerprint density at radius 1 is 1.04 bits per heavy atom. The molecular weight excluding hydrogens is 347 g/mol. The SMILES string of the molecule is CC(C)(c1ccc(C2NC(=O)NCO2)cc1)c1cc(Cl)cc(Cl)c1. The maximum atomic E-state index is 11.4. The molecule has 1 aliphatic rings. The van der Waals surface area contributed by atoms with Gasteiger partial charge in [-0.3, -0.25) is 0 Å². The highest BCUT2D eigenvalue weighted by atomic mass is 35.5. The largest absolute Gasteiger partial charge is 0.334 e. The van der Waals surface area contributed by atoms with Gasteiger partial charge in [-0.15, -0.1) is 0 Å². The standard InChI is InChI=1S/C18H18Cl2N2O2/c1-18(2,13-7-14(19)9-15(20)8-13)12-5-3-11(4-6-12)16-22-17(23)21-10-24-16/h3-9,16H,10H2,1-2H3,(H2,21,22,23). The highest BCUT2D eigenvalue weighted by Crippen LogP contribution is 2.35. The molecule has 0 bridgehead atoms. The van der Waals surface area contributed by atoms with Crippen molar-refractivity contribution >= 4 is 29.2 Å². The van der Waals surface area contributed by atoms with E-state index >= 15 is 0 Å². The highest BCUT2D eigenvalue weighted by Gasteiger charge is 2.25. The van der Waals surface area contributed by atoms with Crippen molar-refractivity contribution in [1.29, 1.82) is 0 Å². The molecule has 126 valence electrons. The molecule has 1 fully saturated rings. The molecule has 1 aliphatic heterocycles. The van der Waals surface area contributed by atoms with Crippen molar-refractivity contribution in [3.8, 4) is 0 Å². The average molecular weight is 365 g/mol. The fraction of sp³-hybridized carbons (Fsp3) is 0.278. The lowest BCUT2D eigenvalue weighted by Gasteiger charge is -2.28. The van der Waals surface area contributed by atoms with Gasteiger partial charge in [0.1, 0.15) is 6.73 Å². The molecule has 1 saturated heterocycles. The second-order valence-corrected chi connectivity index (χ2v) is 7.12. The van der Waals surface area contributed by atoms with Crippen molar-refractivity contribution in [2.75, 3.05) is 6.73 Å². The van der Waals surface area contributed by atoms with Crippen LogP contribution in [0.4, 0.5) is 4.79 Å². The van der Waals surface area contributed by atoms with Gasteiger partial charge in [-0.1, -0.05) is 61.3 Å². The summed E-state index contributed by atoms with van der Waals surface area (Å²) >= 11 is 12.3. The van der Waals surface area contributed by atoms with Gasteiger partial charge >= 0.3 is 6.03 Å². The smallest absolute Gasteiger partial charge is 0.318 e. The summed E-state index contributed by atoms with van der Waals surface area (Å²) in [6.45, 7) is 4.43. The maximum Gasteiger partial charge on any atom is 0.318 e. The lowest BCUT2D eigenvalue weighted by Crippen LogP contribution is -2.46. The first-order valence-corrected chi connectivity index (χ1v) is 8.35. The third-order valence-electron chi connectivity index (χ3n) is 4.26. The van der Waals surface area contributed by atoms with Gasteiger partial charge in [0.2, 0.25) is 0 Å². The Morgan fingerprint density at radius 3 is 2.25 bits per heavy atom. The van der Waals surface area contributed by atoms with Gasteiger partial charge in [0.15, 0.2) is 6.23 Å². The summed E-state index contributed by atoms with van der Waals surface area (Å²) in [6.07, 6.45) is -0.434. The van der Waals surface area contributed by atoms with Crippen LogP contribution < -0.4 is 10.6 Å². The summed E-state index contributed by atoms with van der Waals surface area (Å²) < 4.78 is 5.50. The van der Waals surface area contributed by atoms with E-state index in [-0.39, 0.29) is 18.2 Å². The van der Waals surface area contributed by atoms with E-state index in [0.29, 0.717) is 10.0 Å². The van der Waals surface area contributed by atoms with Crippen molar-refractivity contribution in [3.63, 3.8) is 0 Å². The van der Waals surface area contributed by atoms with Crippen LogP contribution in [-0.4, -0.2) is 12.8 Å². The van der Waals surface area contributed by atoms with E-state index in [9.17, 15) is 4.79 Å². The lowest BCUT2D eigenvalue weighted by molar-refractivity contribution is 0.00712. The number of ether oxygens (including phenoxy) is 1. The fourth-order valence-electron chi connectivity index (χ4n) is 2.74. The van der Waals surface area contributed by atoms with Crippen molar-refractivity contribution in [1.82, 2.24) is 10.6 Å². The molecule has 0 spiro atoms. The first kappa shape index (κ1) is 17.1. The number of carbonyl (C=O) groups is 1. The van der Waals surface area contributed by atoms with Crippen molar-refractivity contribution in [3.05, 3.63) is 69.2 Å². The summed E-state index contributed by atoms with van der Waals surface area (Å²) in [4.78, 5) is 11.4. The summed E-state index contributed by atoms with van der Waals surface area (Å²) in [5.41, 5.74) is 2.79. The Morgan fingerprint density at radius 2 is 1.67 bits per heavy atom. The van der Waals surface area contributed by atoms with E-state index in [2.05, 4.69) is 24.5 Å². The van der Waals surface area contributed by atoms with Crippen LogP contribution >= 0.6 is 23.2 Å². The molecule has 24 heavy (non-hydrogen) atoms. The highest BCUT2D eigenvalue weighted by molar-refractivity contribution is 6.34. The third-order valence-corrected chi connectivity index (χ3v) is 4.70. The van der Waals surface area contributed by atoms with E-state index in [1.807, 2.05) is 36.4 Å². The molecule has 0 aromatic heterocycles. The molecular formula is C18H18Cl2N2O2. The summed E-state index contributed by atoms with van der Waals surface area (Å²) in [5.74, 6) is 0. The molecule has 1 atom stereocenters. The normalized spacial score (nSPS) is 18.0. The van der Waals surface area contributed by atoms with Gasteiger partial charge in [0.25, 0.3) is 0 Å². The first-order chi connectivity index (χ1) is 11.4. The molecule has 0 saturated carbocycles. The monoisotopic (exact) mass is 364 g/mol. The zero-order valence-electron chi connectivity index (χ0n) is 13.4. The molecule has 2 aromatic rings. The Bertz CT molecular complexity index is 740. The van der Waals surface area contributed by atoms with Gasteiger partial charge in [-0.05, 0) is 29.3 Å². The number of halogens is 2. The minimum Gasteiger partial charge on any atom is -0.334 e. The number of nitrogens with one attached hydrogen (secondary N) is 2. The predicted molar refractivity (Wildman–Crippen MR) is 95.4 cm³/mol. The van der Waals surface area contributed by atoms with Gasteiger partial charge in [0.05, 0.1) is 0 Å². The van der Waals surface area contributed by atoms with Crippen molar-refractivity contribution in [2.24, 2.45) is 0 Å². The minimum atomic E-state index is -0.434. The number of carbonyl (C=O) groups excluding carboxylic acids is 1. The Kier molecular flexibility index (Phi) is 4.72. The number of urea groups is 1. The van der Waals surface area contributed by atoms with Crippen LogP contribution in [0.5, 0.6) is 0 Å². The van der Waals surface area contributed by atoms with E-state index in [4.69, 9.17) is 27.9 Å². The van der Waals surface area contributed by atoms with Crippen LogP contribution in [0.15, 0.2) is 42.5 Å². The Labute approximate surface area is 151 Å². The fourth-order valence-corrected chi connectivity index (χ4v) is 3.26. The predicted octanol–water partition coefficient (Wildman–Crippen LogP) is 4.60. The van der Waals surface area contributed by atoms with Gasteiger partial charge < -0.3 is 15.4 Å². The van der Waals surface area contributed by atoms with Gasteiger partial charge in [-0.2, -0.15) is 0 Å². The van der Waals surface area contributed by atoms with Crippen LogP contribution in [0.2, 0.25) is 10.0 Å². The molecule has 6 heteroatoms. The molecule has 0 aliphatic carbocycles. The second-order valence-electron chi connectivity index (χ2n) is 6.25. The average Bonchev–Trinajstić information content (AvgIpc) is 2.54. The number of hydrogen-bond donors (Lipinski definition) is 2. The van der Waals surface area contributed by atoms with Crippen LogP contribution in [0.1, 0.15) is 36.8 Å². The number of amides is 2. The van der Waals surface area contributed by atoms with Crippen molar-refractivity contribution in [2.45, 2.75) is 25.5 Å². The molecule has 1 heterocycles. The number of hydrogen-bond acceptors (Lipinski definition) is 2. The van der Waals surface area contributed by atoms with Crippen LogP contribution in [0.3, 0.4) is 0 Å². The first-order valence-electron chi connectivity index (χ1n) is 7.59. The van der Waals surface area contributed by atoms with Crippen molar-refractivity contribution < 1.29 is 9.53 Å². The molecule has 1 unspecified atom stereocenters. The summed E-state index contributed by atoms with van der Waals surface area (Å²) in [6, 6.07) is 13.3. The summed E-state index contributed by atoms with van der Waals surface area (Å²) in [7, 11) is 0. The van der Waals surface area contributed by atoms with Crippen LogP contribution in [0.25, 0.3) is 0 Å². The topological polar surface area (TPSA) is 50.4 Å². The zero-order chi connectivity index (χ0) is 17.3. The van der Waals surface area contributed by atoms with Crippen LogP contribution in [-0.2, 0) is 10.2 Å². The Balaban J connectivity index is 1.87. The molecule has 2 N–H and O–H groups in total. The van der Waals surface area contributed by atoms with Gasteiger partial charge in [0, 0.05) is 21.0 Å². The van der Waals surface area contributed by atoms with Crippen LogP contribution in [0, 0.1) is 0 Å². The van der Waals surface area contributed by atoms with E-state index < -0.39 is 6.23 Å². The molecule has 2 amide bonds. The number of benzene rings is 2. The third kappa shape index (κ3) is 3.51.